The highest BCUT2D eigenvalue weighted by Gasteiger charge is 2.34. The highest BCUT2D eigenvalue weighted by atomic mass is 19.4. The molecule has 2 heterocycles. The summed E-state index contributed by atoms with van der Waals surface area (Å²) < 4.78 is 43.7. The van der Waals surface area contributed by atoms with Gasteiger partial charge in [-0.05, 0) is 24.6 Å². The summed E-state index contributed by atoms with van der Waals surface area (Å²) in [5, 5.41) is 8.67. The van der Waals surface area contributed by atoms with Crippen molar-refractivity contribution in [2.24, 2.45) is 0 Å². The number of aliphatic carboxylic acids is 1. The standard InChI is InChI=1S/C14H15F3N2O3/c1-22-10-6-7-19(8-10)13-9(3-5-12(20)21)2-4-11(18-13)14(15,16)17/h2-5,10H,6-8H2,1H3,(H,20,21). The number of alkyl halides is 3. The molecular weight excluding hydrogens is 301 g/mol. The number of carboxylic acids is 1. The number of ether oxygens (including phenoxy) is 1. The van der Waals surface area contributed by atoms with E-state index in [9.17, 15) is 18.0 Å². The van der Waals surface area contributed by atoms with Crippen LogP contribution in [0.2, 0.25) is 0 Å². The Hall–Kier alpha value is -2.09. The van der Waals surface area contributed by atoms with E-state index >= 15 is 0 Å². The van der Waals surface area contributed by atoms with Crippen molar-refractivity contribution in [3.8, 4) is 0 Å². The molecule has 1 unspecified atom stereocenters. The molecule has 1 aliphatic heterocycles. The van der Waals surface area contributed by atoms with Crippen molar-refractivity contribution in [1.82, 2.24) is 4.98 Å². The Morgan fingerprint density at radius 3 is 2.77 bits per heavy atom. The molecule has 0 radical (unpaired) electrons. The Bertz CT molecular complexity index is 587. The molecule has 1 atom stereocenters. The maximum atomic E-state index is 12.8. The fraction of sp³-hybridized carbons (Fsp3) is 0.429. The van der Waals surface area contributed by atoms with Gasteiger partial charge in [0.15, 0.2) is 0 Å². The van der Waals surface area contributed by atoms with E-state index in [1.165, 1.54) is 12.1 Å². The van der Waals surface area contributed by atoms with Crippen molar-refractivity contribution in [3.05, 3.63) is 29.5 Å². The molecule has 1 N–H and O–H groups in total. The summed E-state index contributed by atoms with van der Waals surface area (Å²) in [6.07, 6.45) is -1.84. The molecule has 0 saturated carbocycles. The number of pyridine rings is 1. The second kappa shape index (κ2) is 6.35. The Labute approximate surface area is 125 Å². The summed E-state index contributed by atoms with van der Waals surface area (Å²) in [5.41, 5.74) is -0.678. The molecule has 1 aromatic heterocycles. The van der Waals surface area contributed by atoms with Crippen LogP contribution in [-0.2, 0) is 15.7 Å². The predicted octanol–water partition coefficient (Wildman–Crippen LogP) is 2.42. The Morgan fingerprint density at radius 1 is 1.50 bits per heavy atom. The number of rotatable bonds is 4. The van der Waals surface area contributed by atoms with E-state index in [1.54, 1.807) is 12.0 Å². The molecule has 8 heteroatoms. The zero-order valence-electron chi connectivity index (χ0n) is 11.8. The molecule has 1 aromatic rings. The predicted molar refractivity (Wildman–Crippen MR) is 73.5 cm³/mol. The minimum atomic E-state index is -4.55. The molecule has 0 bridgehead atoms. The molecule has 22 heavy (non-hydrogen) atoms. The van der Waals surface area contributed by atoms with Crippen molar-refractivity contribution >= 4 is 17.9 Å². The van der Waals surface area contributed by atoms with Gasteiger partial charge in [-0.15, -0.1) is 0 Å². The zero-order valence-corrected chi connectivity index (χ0v) is 11.8. The fourth-order valence-electron chi connectivity index (χ4n) is 2.27. The van der Waals surface area contributed by atoms with E-state index in [1.807, 2.05) is 0 Å². The lowest BCUT2D eigenvalue weighted by molar-refractivity contribution is -0.141. The number of hydrogen-bond acceptors (Lipinski definition) is 4. The van der Waals surface area contributed by atoms with Gasteiger partial charge >= 0.3 is 12.1 Å². The fourth-order valence-corrected chi connectivity index (χ4v) is 2.27. The van der Waals surface area contributed by atoms with E-state index in [0.29, 0.717) is 25.1 Å². The summed E-state index contributed by atoms with van der Waals surface area (Å²) in [5.74, 6) is -1.06. The first kappa shape index (κ1) is 16.3. The highest BCUT2D eigenvalue weighted by molar-refractivity contribution is 5.86. The van der Waals surface area contributed by atoms with Gasteiger partial charge in [0.1, 0.15) is 11.5 Å². The van der Waals surface area contributed by atoms with Gasteiger partial charge in [0.05, 0.1) is 6.10 Å². The minimum absolute atomic E-state index is 0.0763. The number of aromatic nitrogens is 1. The Kier molecular flexibility index (Phi) is 4.70. The van der Waals surface area contributed by atoms with Gasteiger partial charge in [-0.2, -0.15) is 13.2 Å². The van der Waals surface area contributed by atoms with Crippen molar-refractivity contribution < 1.29 is 27.8 Å². The molecular formula is C14H15F3N2O3. The number of halogens is 3. The van der Waals surface area contributed by atoms with E-state index in [0.717, 1.165) is 12.1 Å². The van der Waals surface area contributed by atoms with Gasteiger partial charge < -0.3 is 14.7 Å². The van der Waals surface area contributed by atoms with Gasteiger partial charge in [-0.25, -0.2) is 9.78 Å². The maximum absolute atomic E-state index is 12.8. The smallest absolute Gasteiger partial charge is 0.433 e. The molecule has 0 aromatic carbocycles. The van der Waals surface area contributed by atoms with Crippen LogP contribution in [0.1, 0.15) is 17.7 Å². The molecule has 120 valence electrons. The minimum Gasteiger partial charge on any atom is -0.478 e. The average Bonchev–Trinajstić information content (AvgIpc) is 2.92. The lowest BCUT2D eigenvalue weighted by Crippen LogP contribution is -2.25. The highest BCUT2D eigenvalue weighted by Crippen LogP contribution is 2.32. The van der Waals surface area contributed by atoms with Crippen LogP contribution >= 0.6 is 0 Å². The van der Waals surface area contributed by atoms with Crippen LogP contribution in [0.5, 0.6) is 0 Å². The van der Waals surface area contributed by atoms with Gasteiger partial charge in [0.25, 0.3) is 0 Å². The number of carboxylic acid groups (broad SMARTS) is 1. The maximum Gasteiger partial charge on any atom is 0.433 e. The van der Waals surface area contributed by atoms with Crippen molar-refractivity contribution in [2.75, 3.05) is 25.1 Å². The monoisotopic (exact) mass is 316 g/mol. The topological polar surface area (TPSA) is 62.7 Å². The first-order valence-electron chi connectivity index (χ1n) is 6.58. The molecule has 0 aliphatic carbocycles. The third kappa shape index (κ3) is 3.76. The average molecular weight is 316 g/mol. The van der Waals surface area contributed by atoms with E-state index in [4.69, 9.17) is 9.84 Å². The SMILES string of the molecule is COC1CCN(c2nc(C(F)(F)F)ccc2C=CC(=O)O)C1. The molecule has 1 aliphatic rings. The van der Waals surface area contributed by atoms with E-state index in [2.05, 4.69) is 4.98 Å². The van der Waals surface area contributed by atoms with Crippen LogP contribution in [0.4, 0.5) is 19.0 Å². The van der Waals surface area contributed by atoms with E-state index in [-0.39, 0.29) is 11.9 Å². The Morgan fingerprint density at radius 2 is 2.23 bits per heavy atom. The van der Waals surface area contributed by atoms with Crippen molar-refractivity contribution in [1.29, 1.82) is 0 Å². The molecule has 2 rings (SSSR count). The zero-order chi connectivity index (χ0) is 16.3. The normalized spacial score (nSPS) is 19.1. The van der Waals surface area contributed by atoms with Crippen LogP contribution in [0.3, 0.4) is 0 Å². The lowest BCUT2D eigenvalue weighted by Gasteiger charge is -2.21. The van der Waals surface area contributed by atoms with Crippen LogP contribution in [0.15, 0.2) is 18.2 Å². The molecule has 0 spiro atoms. The summed E-state index contributed by atoms with van der Waals surface area (Å²) in [4.78, 5) is 16.0. The first-order valence-corrected chi connectivity index (χ1v) is 6.58. The van der Waals surface area contributed by atoms with Crippen LogP contribution < -0.4 is 4.90 Å². The summed E-state index contributed by atoms with van der Waals surface area (Å²) in [6.45, 7) is 0.916. The number of hydrogen-bond donors (Lipinski definition) is 1. The molecule has 5 nitrogen and oxygen atoms in total. The number of carbonyl (C=O) groups is 1. The van der Waals surface area contributed by atoms with E-state index < -0.39 is 17.8 Å². The van der Waals surface area contributed by atoms with Crippen LogP contribution in [0, 0.1) is 0 Å². The Balaban J connectivity index is 2.39. The van der Waals surface area contributed by atoms with Gasteiger partial charge in [0, 0.05) is 31.8 Å². The number of anilines is 1. The second-order valence-electron chi connectivity index (χ2n) is 4.87. The van der Waals surface area contributed by atoms with Crippen molar-refractivity contribution in [2.45, 2.75) is 18.7 Å². The summed E-state index contributed by atoms with van der Waals surface area (Å²) in [6, 6.07) is 2.07. The van der Waals surface area contributed by atoms with Gasteiger partial charge in [-0.3, -0.25) is 0 Å². The quantitative estimate of drug-likeness (QED) is 0.864. The van der Waals surface area contributed by atoms with Crippen molar-refractivity contribution in [3.63, 3.8) is 0 Å². The number of nitrogens with zero attached hydrogens (tertiary/aromatic N) is 2. The van der Waals surface area contributed by atoms with Gasteiger partial charge in [-0.1, -0.05) is 0 Å². The second-order valence-corrected chi connectivity index (χ2v) is 4.87. The summed E-state index contributed by atoms with van der Waals surface area (Å²) >= 11 is 0. The van der Waals surface area contributed by atoms with Crippen LogP contribution in [0.25, 0.3) is 6.08 Å². The molecule has 0 amide bonds. The lowest BCUT2D eigenvalue weighted by atomic mass is 10.2. The molecule has 1 saturated heterocycles. The third-order valence-electron chi connectivity index (χ3n) is 3.38. The van der Waals surface area contributed by atoms with Crippen LogP contribution in [-0.4, -0.2) is 42.4 Å². The first-order chi connectivity index (χ1) is 10.3. The largest absolute Gasteiger partial charge is 0.478 e. The third-order valence-corrected chi connectivity index (χ3v) is 3.38. The summed E-state index contributed by atoms with van der Waals surface area (Å²) in [7, 11) is 1.54. The molecule has 1 fully saturated rings. The number of methoxy groups -OCH3 is 1. The van der Waals surface area contributed by atoms with Gasteiger partial charge in [0.2, 0.25) is 0 Å².